The first-order chi connectivity index (χ1) is 15.2. The molecule has 2 aromatic carbocycles. The average Bonchev–Trinajstić information content (AvgIpc) is 2.80. The van der Waals surface area contributed by atoms with Crippen molar-refractivity contribution in [3.8, 4) is 17.2 Å². The summed E-state index contributed by atoms with van der Waals surface area (Å²) in [6, 6.07) is 19.1. The first-order valence-electron chi connectivity index (χ1n) is 11.0. The lowest BCUT2D eigenvalue weighted by Crippen LogP contribution is -2.33. The van der Waals surface area contributed by atoms with Gasteiger partial charge in [-0.1, -0.05) is 36.8 Å². The molecule has 1 fully saturated rings. The van der Waals surface area contributed by atoms with Crippen molar-refractivity contribution < 1.29 is 9.47 Å². The number of ether oxygens (including phenoxy) is 2. The molecule has 3 aromatic rings. The van der Waals surface area contributed by atoms with Crippen molar-refractivity contribution in [1.29, 1.82) is 0 Å². The zero-order valence-electron chi connectivity index (χ0n) is 18.1. The molecule has 1 aliphatic rings. The maximum absolute atomic E-state index is 12.6. The number of rotatable bonds is 8. The van der Waals surface area contributed by atoms with E-state index >= 15 is 0 Å². The van der Waals surface area contributed by atoms with Crippen LogP contribution in [0.25, 0.3) is 5.69 Å². The summed E-state index contributed by atoms with van der Waals surface area (Å²) in [4.78, 5) is 15.1. The smallest absolute Gasteiger partial charge is 0.258 e. The summed E-state index contributed by atoms with van der Waals surface area (Å²) in [5.74, 6) is 1.44. The van der Waals surface area contributed by atoms with Gasteiger partial charge in [0.1, 0.15) is 24.7 Å². The zero-order valence-corrected chi connectivity index (χ0v) is 18.1. The first kappa shape index (κ1) is 21.2. The van der Waals surface area contributed by atoms with Gasteiger partial charge in [0, 0.05) is 24.5 Å². The fourth-order valence-corrected chi connectivity index (χ4v) is 3.92. The number of nitrogens with zero attached hydrogens (tertiary/aromatic N) is 2. The molecule has 5 nitrogen and oxygen atoms in total. The van der Waals surface area contributed by atoms with Gasteiger partial charge in [-0.3, -0.25) is 14.3 Å². The second-order valence-electron chi connectivity index (χ2n) is 8.05. The molecular formula is C26H30N2O3. The van der Waals surface area contributed by atoms with Crippen LogP contribution in [-0.4, -0.2) is 35.7 Å². The van der Waals surface area contributed by atoms with E-state index in [0.29, 0.717) is 19.0 Å². The largest absolute Gasteiger partial charge is 0.492 e. The van der Waals surface area contributed by atoms with Gasteiger partial charge in [-0.15, -0.1) is 0 Å². The van der Waals surface area contributed by atoms with Crippen LogP contribution in [0.4, 0.5) is 0 Å². The van der Waals surface area contributed by atoms with Crippen molar-refractivity contribution in [1.82, 2.24) is 9.47 Å². The van der Waals surface area contributed by atoms with Crippen molar-refractivity contribution >= 4 is 0 Å². The Hall–Kier alpha value is -3.05. The summed E-state index contributed by atoms with van der Waals surface area (Å²) in [7, 11) is 0. The molecule has 31 heavy (non-hydrogen) atoms. The normalized spacial score (nSPS) is 14.4. The van der Waals surface area contributed by atoms with E-state index in [4.69, 9.17) is 9.47 Å². The monoisotopic (exact) mass is 418 g/mol. The Balaban J connectivity index is 1.37. The van der Waals surface area contributed by atoms with E-state index in [9.17, 15) is 4.79 Å². The third-order valence-corrected chi connectivity index (χ3v) is 5.69. The SMILES string of the molecule is Cc1cc(-n2ccc(OCc3ccccc3)cc2=O)ccc1OCCN1CCCCC1. The Kier molecular flexibility index (Phi) is 7.05. The van der Waals surface area contributed by atoms with Gasteiger partial charge < -0.3 is 9.47 Å². The van der Waals surface area contributed by atoms with Crippen LogP contribution < -0.4 is 15.0 Å². The molecule has 5 heteroatoms. The number of likely N-dealkylation sites (tertiary alicyclic amines) is 1. The number of aryl methyl sites for hydroxylation is 1. The molecule has 0 atom stereocenters. The quantitative estimate of drug-likeness (QED) is 0.537. The number of hydrogen-bond acceptors (Lipinski definition) is 4. The number of aromatic nitrogens is 1. The molecule has 0 aliphatic carbocycles. The summed E-state index contributed by atoms with van der Waals surface area (Å²) in [6.07, 6.45) is 5.68. The van der Waals surface area contributed by atoms with Crippen LogP contribution in [0, 0.1) is 6.92 Å². The fourth-order valence-electron chi connectivity index (χ4n) is 3.92. The van der Waals surface area contributed by atoms with E-state index in [2.05, 4.69) is 4.90 Å². The Labute approximate surface area is 183 Å². The van der Waals surface area contributed by atoms with Gasteiger partial charge in [0.15, 0.2) is 0 Å². The van der Waals surface area contributed by atoms with Crippen LogP contribution in [-0.2, 0) is 6.61 Å². The van der Waals surface area contributed by atoms with Crippen LogP contribution in [0.15, 0.2) is 71.7 Å². The molecule has 0 N–H and O–H groups in total. The highest BCUT2D eigenvalue weighted by atomic mass is 16.5. The van der Waals surface area contributed by atoms with E-state index in [1.54, 1.807) is 10.8 Å². The third kappa shape index (κ3) is 5.76. The fraction of sp³-hybridized carbons (Fsp3) is 0.346. The highest BCUT2D eigenvalue weighted by Crippen LogP contribution is 2.21. The van der Waals surface area contributed by atoms with Gasteiger partial charge in [0.05, 0.1) is 0 Å². The second kappa shape index (κ2) is 10.3. The average molecular weight is 419 g/mol. The van der Waals surface area contributed by atoms with E-state index in [1.807, 2.05) is 61.5 Å². The minimum atomic E-state index is -0.122. The van der Waals surface area contributed by atoms with Crippen molar-refractivity contribution in [3.05, 3.63) is 88.3 Å². The predicted octanol–water partition coefficient (Wildman–Crippen LogP) is 4.59. The van der Waals surface area contributed by atoms with Crippen molar-refractivity contribution in [2.24, 2.45) is 0 Å². The molecule has 0 unspecified atom stereocenters. The van der Waals surface area contributed by atoms with Crippen LogP contribution in [0.1, 0.15) is 30.4 Å². The van der Waals surface area contributed by atoms with Gasteiger partial charge in [-0.05, 0) is 68.2 Å². The van der Waals surface area contributed by atoms with E-state index in [1.165, 1.54) is 38.4 Å². The molecule has 1 aliphatic heterocycles. The maximum atomic E-state index is 12.6. The van der Waals surface area contributed by atoms with Crippen LogP contribution >= 0.6 is 0 Å². The van der Waals surface area contributed by atoms with Crippen LogP contribution in [0.5, 0.6) is 11.5 Å². The zero-order chi connectivity index (χ0) is 21.5. The molecule has 162 valence electrons. The van der Waals surface area contributed by atoms with Gasteiger partial charge in [-0.25, -0.2) is 0 Å². The summed E-state index contributed by atoms with van der Waals surface area (Å²) in [5.41, 5.74) is 2.79. The molecule has 1 aromatic heterocycles. The third-order valence-electron chi connectivity index (χ3n) is 5.69. The molecule has 0 amide bonds. The molecule has 0 radical (unpaired) electrons. The minimum absolute atomic E-state index is 0.122. The molecule has 0 bridgehead atoms. The lowest BCUT2D eigenvalue weighted by Gasteiger charge is -2.26. The summed E-state index contributed by atoms with van der Waals surface area (Å²) >= 11 is 0. The van der Waals surface area contributed by atoms with Gasteiger partial charge in [0.2, 0.25) is 0 Å². The number of piperidine rings is 1. The highest BCUT2D eigenvalue weighted by Gasteiger charge is 2.10. The topological polar surface area (TPSA) is 43.7 Å². The van der Waals surface area contributed by atoms with Crippen LogP contribution in [0.2, 0.25) is 0 Å². The number of hydrogen-bond donors (Lipinski definition) is 0. The molecular weight excluding hydrogens is 388 g/mol. The standard InChI is InChI=1S/C26H30N2O3/c1-21-18-23(10-11-25(21)30-17-16-27-13-6-3-7-14-27)28-15-12-24(19-26(28)29)31-20-22-8-4-2-5-9-22/h2,4-5,8-12,15,18-19H,3,6-7,13-14,16-17,20H2,1H3. The summed E-state index contributed by atoms with van der Waals surface area (Å²) in [5, 5.41) is 0. The molecule has 0 saturated carbocycles. The summed E-state index contributed by atoms with van der Waals surface area (Å²) in [6.45, 7) is 6.46. The highest BCUT2D eigenvalue weighted by molar-refractivity contribution is 5.44. The molecule has 2 heterocycles. The van der Waals surface area contributed by atoms with Crippen molar-refractivity contribution in [2.75, 3.05) is 26.2 Å². The maximum Gasteiger partial charge on any atom is 0.258 e. The number of pyridine rings is 1. The van der Waals surface area contributed by atoms with Crippen molar-refractivity contribution in [2.45, 2.75) is 32.8 Å². The van der Waals surface area contributed by atoms with E-state index < -0.39 is 0 Å². The molecule has 4 rings (SSSR count). The minimum Gasteiger partial charge on any atom is -0.492 e. The Morgan fingerprint density at radius 1 is 0.903 bits per heavy atom. The second-order valence-corrected chi connectivity index (χ2v) is 8.05. The van der Waals surface area contributed by atoms with Crippen molar-refractivity contribution in [3.63, 3.8) is 0 Å². The van der Waals surface area contributed by atoms with Gasteiger partial charge in [-0.2, -0.15) is 0 Å². The van der Waals surface area contributed by atoms with E-state index in [0.717, 1.165) is 29.1 Å². The first-order valence-corrected chi connectivity index (χ1v) is 11.0. The van der Waals surface area contributed by atoms with E-state index in [-0.39, 0.29) is 5.56 Å². The lowest BCUT2D eigenvalue weighted by atomic mass is 10.1. The molecule has 1 saturated heterocycles. The summed E-state index contributed by atoms with van der Waals surface area (Å²) < 4.78 is 13.4. The number of benzene rings is 2. The van der Waals surface area contributed by atoms with Gasteiger partial charge in [0.25, 0.3) is 5.56 Å². The molecule has 0 spiro atoms. The van der Waals surface area contributed by atoms with Gasteiger partial charge >= 0.3 is 0 Å². The Morgan fingerprint density at radius 2 is 1.71 bits per heavy atom. The Bertz CT molecular complexity index is 1040. The predicted molar refractivity (Wildman–Crippen MR) is 123 cm³/mol. The Morgan fingerprint density at radius 3 is 2.45 bits per heavy atom. The lowest BCUT2D eigenvalue weighted by molar-refractivity contribution is 0.183. The van der Waals surface area contributed by atoms with Crippen LogP contribution in [0.3, 0.4) is 0 Å².